The van der Waals surface area contributed by atoms with Gasteiger partial charge in [0.05, 0.1) is 7.11 Å². The maximum atomic E-state index is 11.6. The lowest BCUT2D eigenvalue weighted by atomic mass is 9.80. The molecule has 0 saturated carbocycles. The Kier molecular flexibility index (Phi) is 1.87. The van der Waals surface area contributed by atoms with Crippen molar-refractivity contribution in [1.82, 2.24) is 0 Å². The van der Waals surface area contributed by atoms with E-state index in [9.17, 15) is 4.79 Å². The maximum Gasteiger partial charge on any atom is 0.513 e. The molecule has 0 saturated heterocycles. The van der Waals surface area contributed by atoms with Gasteiger partial charge in [0.15, 0.2) is 0 Å². The predicted molar refractivity (Wildman–Crippen MR) is 76.9 cm³/mol. The van der Waals surface area contributed by atoms with Crippen molar-refractivity contribution in [2.75, 3.05) is 7.11 Å². The monoisotopic (exact) mass is 273 g/mol. The summed E-state index contributed by atoms with van der Waals surface area (Å²) < 4.78 is 80.2. The average Bonchev–Trinajstić information content (AvgIpc) is 2.43. The SMILES string of the molecule is [2H]C([2H])([2H])C(c1cc(C(C)(C)C)ccc1OC(=O)OC)(C([2H])([2H])[2H])C([2H])([2H])[2H]. The number of hydrogen-bond donors (Lipinski definition) is 0. The molecule has 0 bridgehead atoms. The van der Waals surface area contributed by atoms with Gasteiger partial charge in [0, 0.05) is 17.9 Å². The van der Waals surface area contributed by atoms with E-state index < -0.39 is 48.9 Å². The quantitative estimate of drug-likeness (QED) is 0.561. The minimum atomic E-state index is -3.48. The Balaban J connectivity index is 4.12. The third-order valence-corrected chi connectivity index (χ3v) is 2.61. The molecule has 0 heterocycles. The van der Waals surface area contributed by atoms with Crippen LogP contribution in [0.3, 0.4) is 0 Å². The van der Waals surface area contributed by atoms with Gasteiger partial charge in [0.25, 0.3) is 0 Å². The zero-order valence-electron chi connectivity index (χ0n) is 20.5. The van der Waals surface area contributed by atoms with E-state index in [0.717, 1.165) is 7.11 Å². The molecule has 1 aromatic carbocycles. The van der Waals surface area contributed by atoms with Crippen molar-refractivity contribution in [1.29, 1.82) is 0 Å². The van der Waals surface area contributed by atoms with E-state index in [4.69, 9.17) is 17.1 Å². The van der Waals surface area contributed by atoms with Crippen LogP contribution in [-0.2, 0) is 15.6 Å². The van der Waals surface area contributed by atoms with Crippen molar-refractivity contribution in [3.63, 3.8) is 0 Å². The molecule has 0 fully saturated rings. The number of hydrogen-bond acceptors (Lipinski definition) is 3. The molecule has 0 unspecified atom stereocenters. The highest BCUT2D eigenvalue weighted by molar-refractivity contribution is 5.65. The van der Waals surface area contributed by atoms with Crippen LogP contribution in [0.15, 0.2) is 18.2 Å². The van der Waals surface area contributed by atoms with E-state index in [1.54, 1.807) is 20.8 Å². The number of carbonyl (C=O) groups excluding carboxylic acids is 1. The summed E-state index contributed by atoms with van der Waals surface area (Å²) >= 11 is 0. The van der Waals surface area contributed by atoms with Gasteiger partial charge in [-0.25, -0.2) is 4.79 Å². The summed E-state index contributed by atoms with van der Waals surface area (Å²) in [7, 11) is 1.01. The number of ether oxygens (including phenoxy) is 2. The van der Waals surface area contributed by atoms with Gasteiger partial charge in [0.1, 0.15) is 5.75 Å². The molecule has 0 aliphatic heterocycles. The summed E-state index contributed by atoms with van der Waals surface area (Å²) in [6.45, 7) is -5.07. The molecule has 3 nitrogen and oxygen atoms in total. The van der Waals surface area contributed by atoms with Crippen LogP contribution in [0.4, 0.5) is 4.79 Å². The topological polar surface area (TPSA) is 35.5 Å². The molecule has 0 N–H and O–H groups in total. The highest BCUT2D eigenvalue weighted by Crippen LogP contribution is 2.35. The summed E-state index contributed by atoms with van der Waals surface area (Å²) in [6.07, 6.45) is -1.24. The summed E-state index contributed by atoms with van der Waals surface area (Å²) in [5.74, 6) is -0.497. The molecular formula is C16H24O3. The van der Waals surface area contributed by atoms with Crippen molar-refractivity contribution in [2.24, 2.45) is 0 Å². The van der Waals surface area contributed by atoms with E-state index in [-0.39, 0.29) is 0 Å². The lowest BCUT2D eigenvalue weighted by Crippen LogP contribution is -2.19. The Bertz CT molecular complexity index is 689. The fraction of sp³-hybridized carbons (Fsp3) is 0.562. The second kappa shape index (κ2) is 5.24. The summed E-state index contributed by atoms with van der Waals surface area (Å²) in [5.41, 5.74) is -4.01. The molecule has 3 heteroatoms. The Labute approximate surface area is 128 Å². The first-order chi connectivity index (χ1) is 12.3. The zero-order valence-corrected chi connectivity index (χ0v) is 11.5. The molecule has 0 amide bonds. The lowest BCUT2D eigenvalue weighted by Gasteiger charge is -2.26. The van der Waals surface area contributed by atoms with E-state index in [1.165, 1.54) is 18.2 Å². The van der Waals surface area contributed by atoms with Crippen molar-refractivity contribution < 1.29 is 26.6 Å². The molecule has 0 spiro atoms. The smallest absolute Gasteiger partial charge is 0.437 e. The van der Waals surface area contributed by atoms with Crippen LogP contribution in [-0.4, -0.2) is 13.3 Å². The van der Waals surface area contributed by atoms with Gasteiger partial charge in [-0.2, -0.15) is 0 Å². The zero-order chi connectivity index (χ0) is 22.3. The Morgan fingerprint density at radius 2 is 1.79 bits per heavy atom. The first-order valence-corrected chi connectivity index (χ1v) is 5.71. The van der Waals surface area contributed by atoms with Crippen LogP contribution in [0, 0.1) is 0 Å². The molecule has 1 rings (SSSR count). The van der Waals surface area contributed by atoms with Crippen LogP contribution in [0.25, 0.3) is 0 Å². The number of benzene rings is 1. The van der Waals surface area contributed by atoms with Crippen LogP contribution >= 0.6 is 0 Å². The van der Waals surface area contributed by atoms with Crippen molar-refractivity contribution in [3.8, 4) is 5.75 Å². The minimum Gasteiger partial charge on any atom is -0.437 e. The second-order valence-corrected chi connectivity index (χ2v) is 5.27. The highest BCUT2D eigenvalue weighted by Gasteiger charge is 2.24. The van der Waals surface area contributed by atoms with Gasteiger partial charge in [-0.15, -0.1) is 0 Å². The van der Waals surface area contributed by atoms with E-state index >= 15 is 0 Å². The fourth-order valence-electron chi connectivity index (χ4n) is 1.51. The Morgan fingerprint density at radius 3 is 2.26 bits per heavy atom. The van der Waals surface area contributed by atoms with Crippen molar-refractivity contribution in [2.45, 2.75) is 52.2 Å². The van der Waals surface area contributed by atoms with E-state index in [2.05, 4.69) is 4.74 Å². The first kappa shape index (κ1) is 6.78. The molecule has 106 valence electrons. The second-order valence-electron chi connectivity index (χ2n) is 5.27. The van der Waals surface area contributed by atoms with Crippen LogP contribution in [0.1, 0.15) is 64.8 Å². The van der Waals surface area contributed by atoms with Gasteiger partial charge in [0.2, 0.25) is 0 Å². The molecule has 0 atom stereocenters. The molecule has 0 aromatic heterocycles. The number of methoxy groups -OCH3 is 1. The largest absolute Gasteiger partial charge is 0.513 e. The van der Waals surface area contributed by atoms with E-state index in [1.807, 2.05) is 0 Å². The lowest BCUT2D eigenvalue weighted by molar-refractivity contribution is 0.120. The molecular weight excluding hydrogens is 240 g/mol. The summed E-state index contributed by atoms with van der Waals surface area (Å²) in [4.78, 5) is 11.6. The molecule has 0 radical (unpaired) electrons. The van der Waals surface area contributed by atoms with Crippen molar-refractivity contribution in [3.05, 3.63) is 29.3 Å². The Hall–Kier alpha value is -1.51. The van der Waals surface area contributed by atoms with Gasteiger partial charge in [-0.1, -0.05) is 53.5 Å². The number of rotatable bonds is 1. The maximum absolute atomic E-state index is 11.6. The fourth-order valence-corrected chi connectivity index (χ4v) is 1.51. The summed E-state index contributed by atoms with van der Waals surface area (Å²) in [6, 6.07) is 3.86. The molecule has 1 aromatic rings. The van der Waals surface area contributed by atoms with Gasteiger partial charge >= 0.3 is 6.16 Å². The van der Waals surface area contributed by atoms with Gasteiger partial charge in [-0.3, -0.25) is 0 Å². The normalized spacial score (nSPS) is 21.2. The van der Waals surface area contributed by atoms with Gasteiger partial charge < -0.3 is 9.47 Å². The standard InChI is InChI=1S/C16H24O3/c1-15(2,3)11-8-9-13(19-14(17)18-7)12(10-11)16(4,5)6/h8-10H,1-7H3/i4D3,5D3,6D3. The van der Waals surface area contributed by atoms with E-state index in [0.29, 0.717) is 5.56 Å². The predicted octanol–water partition coefficient (Wildman–Crippen LogP) is 4.43. The summed E-state index contributed by atoms with van der Waals surface area (Å²) in [5, 5.41) is 0. The number of carbonyl (C=O) groups is 1. The molecule has 0 aliphatic carbocycles. The minimum absolute atomic E-state index is 0.474. The van der Waals surface area contributed by atoms with Gasteiger partial charge in [-0.05, 0) is 22.5 Å². The molecule has 19 heavy (non-hydrogen) atoms. The first-order valence-electron chi connectivity index (χ1n) is 10.2. The van der Waals surface area contributed by atoms with Crippen molar-refractivity contribution >= 4 is 6.16 Å². The van der Waals surface area contributed by atoms with Crippen LogP contribution < -0.4 is 4.74 Å². The van der Waals surface area contributed by atoms with Crippen LogP contribution in [0.5, 0.6) is 5.75 Å². The Morgan fingerprint density at radius 1 is 1.16 bits per heavy atom. The average molecular weight is 273 g/mol. The third kappa shape index (κ3) is 3.98. The third-order valence-electron chi connectivity index (χ3n) is 2.61. The van der Waals surface area contributed by atoms with Crippen LogP contribution in [0.2, 0.25) is 0 Å². The highest BCUT2D eigenvalue weighted by atomic mass is 16.7. The molecule has 0 aliphatic rings.